The van der Waals surface area contributed by atoms with Gasteiger partial charge in [0.05, 0.1) is 11.5 Å². The van der Waals surface area contributed by atoms with Gasteiger partial charge in [0.1, 0.15) is 0 Å². The first-order valence-electron chi connectivity index (χ1n) is 5.94. The van der Waals surface area contributed by atoms with Crippen LogP contribution in [0.3, 0.4) is 0 Å². The number of hydrogen-bond donors (Lipinski definition) is 1. The lowest BCUT2D eigenvalue weighted by Crippen LogP contribution is -2.46. The average Bonchev–Trinajstić information content (AvgIpc) is 2.25. The number of carbonyl (C=O) groups is 1. The molecule has 0 aliphatic rings. The van der Waals surface area contributed by atoms with Crippen molar-refractivity contribution in [2.75, 3.05) is 27.2 Å². The smallest absolute Gasteiger partial charge is 0.236 e. The molecule has 0 saturated carbocycles. The fourth-order valence-corrected chi connectivity index (χ4v) is 1.30. The second-order valence-electron chi connectivity index (χ2n) is 5.05. The third-order valence-electron chi connectivity index (χ3n) is 3.39. The largest absolute Gasteiger partial charge is 0.393 e. The molecule has 0 saturated heterocycles. The van der Waals surface area contributed by atoms with Gasteiger partial charge in [-0.25, -0.2) is 0 Å². The van der Waals surface area contributed by atoms with Crippen LogP contribution < -0.4 is 5.73 Å². The molecule has 0 fully saturated rings. The van der Waals surface area contributed by atoms with Crippen LogP contribution in [0.15, 0.2) is 0 Å². The van der Waals surface area contributed by atoms with E-state index in [2.05, 4.69) is 25.7 Å². The second-order valence-corrected chi connectivity index (χ2v) is 5.58. The van der Waals surface area contributed by atoms with Crippen molar-refractivity contribution in [2.24, 2.45) is 5.73 Å². The van der Waals surface area contributed by atoms with Gasteiger partial charge >= 0.3 is 0 Å². The van der Waals surface area contributed by atoms with Crippen molar-refractivity contribution < 1.29 is 4.79 Å². The molecule has 0 atom stereocenters. The maximum atomic E-state index is 11.9. The molecular weight excluding hydrogens is 234 g/mol. The molecule has 100 valence electrons. The Morgan fingerprint density at radius 2 is 1.88 bits per heavy atom. The van der Waals surface area contributed by atoms with E-state index >= 15 is 0 Å². The normalized spacial score (nSPS) is 11.6. The second kappa shape index (κ2) is 6.91. The molecule has 0 aromatic carbocycles. The standard InChI is InChI=1S/C12H25N3OS/c1-6-12(2,3)15(5)9-11(16)14(4)8-7-10(13)17/h6-9H2,1-5H3,(H2,13,17). The van der Waals surface area contributed by atoms with Gasteiger partial charge in [0.2, 0.25) is 5.91 Å². The predicted molar refractivity (Wildman–Crippen MR) is 76.0 cm³/mol. The fraction of sp³-hybridized carbons (Fsp3) is 0.833. The molecule has 0 unspecified atom stereocenters. The van der Waals surface area contributed by atoms with Crippen molar-refractivity contribution in [3.8, 4) is 0 Å². The molecule has 0 heterocycles. The molecule has 5 heteroatoms. The van der Waals surface area contributed by atoms with Crippen LogP contribution in [0.5, 0.6) is 0 Å². The first-order valence-corrected chi connectivity index (χ1v) is 6.35. The number of amides is 1. The van der Waals surface area contributed by atoms with Crippen molar-refractivity contribution in [3.05, 3.63) is 0 Å². The summed E-state index contributed by atoms with van der Waals surface area (Å²) in [4.78, 5) is 16.1. The zero-order valence-corrected chi connectivity index (χ0v) is 12.4. The van der Waals surface area contributed by atoms with Gasteiger partial charge in [-0.3, -0.25) is 9.69 Å². The number of thiocarbonyl (C=S) groups is 1. The molecular formula is C12H25N3OS. The van der Waals surface area contributed by atoms with Crippen LogP contribution in [-0.4, -0.2) is 53.4 Å². The van der Waals surface area contributed by atoms with Crippen molar-refractivity contribution in [1.29, 1.82) is 0 Å². The van der Waals surface area contributed by atoms with Gasteiger partial charge in [-0.2, -0.15) is 0 Å². The Kier molecular flexibility index (Phi) is 6.64. The molecule has 0 aromatic heterocycles. The molecule has 0 radical (unpaired) electrons. The Hall–Kier alpha value is -0.680. The number of likely N-dealkylation sites (N-methyl/N-ethyl adjacent to an activating group) is 2. The minimum Gasteiger partial charge on any atom is -0.393 e. The van der Waals surface area contributed by atoms with Crippen LogP contribution in [0.1, 0.15) is 33.6 Å². The summed E-state index contributed by atoms with van der Waals surface area (Å²) >= 11 is 4.80. The van der Waals surface area contributed by atoms with Gasteiger partial charge in [-0.15, -0.1) is 0 Å². The molecule has 0 aliphatic carbocycles. The summed E-state index contributed by atoms with van der Waals surface area (Å²) in [7, 11) is 3.76. The van der Waals surface area contributed by atoms with Crippen LogP contribution in [0, 0.1) is 0 Å². The summed E-state index contributed by atoms with van der Waals surface area (Å²) in [6.45, 7) is 7.41. The minimum atomic E-state index is 0.0413. The van der Waals surface area contributed by atoms with Gasteiger partial charge in [-0.05, 0) is 27.3 Å². The maximum Gasteiger partial charge on any atom is 0.236 e. The highest BCUT2D eigenvalue weighted by Crippen LogP contribution is 2.15. The highest BCUT2D eigenvalue weighted by Gasteiger charge is 2.23. The summed E-state index contributed by atoms with van der Waals surface area (Å²) in [5.74, 6) is 0.102. The molecule has 0 aliphatic heterocycles. The Morgan fingerprint density at radius 3 is 2.29 bits per heavy atom. The molecule has 17 heavy (non-hydrogen) atoms. The highest BCUT2D eigenvalue weighted by atomic mass is 32.1. The van der Waals surface area contributed by atoms with Gasteiger partial charge in [-0.1, -0.05) is 19.1 Å². The van der Waals surface area contributed by atoms with Crippen LogP contribution in [0.2, 0.25) is 0 Å². The minimum absolute atomic E-state index is 0.0413. The highest BCUT2D eigenvalue weighted by molar-refractivity contribution is 7.80. The van der Waals surface area contributed by atoms with Crippen molar-refractivity contribution in [1.82, 2.24) is 9.80 Å². The summed E-state index contributed by atoms with van der Waals surface area (Å²) in [6, 6.07) is 0. The molecule has 0 bridgehead atoms. The zero-order valence-electron chi connectivity index (χ0n) is 11.6. The van der Waals surface area contributed by atoms with Crippen LogP contribution >= 0.6 is 12.2 Å². The molecule has 0 aromatic rings. The van der Waals surface area contributed by atoms with Gasteiger partial charge in [0, 0.05) is 25.6 Å². The Bertz CT molecular complexity index is 279. The first-order chi connectivity index (χ1) is 7.70. The van der Waals surface area contributed by atoms with E-state index in [9.17, 15) is 4.79 Å². The molecule has 1 amide bonds. The average molecular weight is 259 g/mol. The monoisotopic (exact) mass is 259 g/mol. The van der Waals surface area contributed by atoms with Gasteiger partial charge in [0.15, 0.2) is 0 Å². The number of hydrogen-bond acceptors (Lipinski definition) is 3. The lowest BCUT2D eigenvalue weighted by Gasteiger charge is -2.35. The van der Waals surface area contributed by atoms with Crippen molar-refractivity contribution in [3.63, 3.8) is 0 Å². The molecule has 2 N–H and O–H groups in total. The summed E-state index contributed by atoms with van der Waals surface area (Å²) in [6.07, 6.45) is 1.59. The van der Waals surface area contributed by atoms with E-state index < -0.39 is 0 Å². The lowest BCUT2D eigenvalue weighted by molar-refractivity contribution is -0.132. The van der Waals surface area contributed by atoms with E-state index in [0.717, 1.165) is 6.42 Å². The SMILES string of the molecule is CCC(C)(C)N(C)CC(=O)N(C)CCC(N)=S. The van der Waals surface area contributed by atoms with E-state index in [4.69, 9.17) is 18.0 Å². The van der Waals surface area contributed by atoms with Crippen LogP contribution in [-0.2, 0) is 4.79 Å². The predicted octanol–water partition coefficient (Wildman–Crippen LogP) is 1.24. The summed E-state index contributed by atoms with van der Waals surface area (Å²) in [5.41, 5.74) is 5.46. The molecule has 4 nitrogen and oxygen atoms in total. The fourth-order valence-electron chi connectivity index (χ4n) is 1.21. The van der Waals surface area contributed by atoms with Crippen LogP contribution in [0.4, 0.5) is 0 Å². The first kappa shape index (κ1) is 16.3. The van der Waals surface area contributed by atoms with E-state index in [1.54, 1.807) is 11.9 Å². The Labute approximate surface area is 110 Å². The third-order valence-corrected chi connectivity index (χ3v) is 3.59. The van der Waals surface area contributed by atoms with Gasteiger partial charge < -0.3 is 10.6 Å². The van der Waals surface area contributed by atoms with Crippen LogP contribution in [0.25, 0.3) is 0 Å². The third kappa shape index (κ3) is 5.98. The number of nitrogens with zero attached hydrogens (tertiary/aromatic N) is 2. The van der Waals surface area contributed by atoms with E-state index in [0.29, 0.717) is 24.5 Å². The van der Waals surface area contributed by atoms with E-state index in [1.165, 1.54) is 0 Å². The number of nitrogens with two attached hydrogens (primary N) is 1. The molecule has 0 rings (SSSR count). The number of carbonyl (C=O) groups excluding carboxylic acids is 1. The lowest BCUT2D eigenvalue weighted by atomic mass is 10.00. The zero-order chi connectivity index (χ0) is 13.6. The van der Waals surface area contributed by atoms with E-state index in [1.807, 2.05) is 7.05 Å². The Balaban J connectivity index is 4.20. The quantitative estimate of drug-likeness (QED) is 0.699. The number of rotatable bonds is 7. The maximum absolute atomic E-state index is 11.9. The van der Waals surface area contributed by atoms with Crippen molar-refractivity contribution >= 4 is 23.1 Å². The van der Waals surface area contributed by atoms with Gasteiger partial charge in [0.25, 0.3) is 0 Å². The van der Waals surface area contributed by atoms with E-state index in [-0.39, 0.29) is 11.4 Å². The Morgan fingerprint density at radius 1 is 1.35 bits per heavy atom. The van der Waals surface area contributed by atoms with Crippen molar-refractivity contribution in [2.45, 2.75) is 39.2 Å². The summed E-state index contributed by atoms with van der Waals surface area (Å²) < 4.78 is 0. The molecule has 0 spiro atoms. The summed E-state index contributed by atoms with van der Waals surface area (Å²) in [5, 5.41) is 0. The topological polar surface area (TPSA) is 49.6 Å².